The van der Waals surface area contributed by atoms with Crippen LogP contribution in [0.15, 0.2) is 53.3 Å². The number of thiazole rings is 1. The predicted octanol–water partition coefficient (Wildman–Crippen LogP) is 4.06. The van der Waals surface area contributed by atoms with E-state index in [0.29, 0.717) is 38.7 Å². The van der Waals surface area contributed by atoms with Gasteiger partial charge in [0.1, 0.15) is 10.3 Å². The first-order valence-electron chi connectivity index (χ1n) is 11.6. The SMILES string of the molecule is CCCCCCCN1C(=O)/C(=c2\sc3nc(-c4ccccc4OC)nn3c2=O)c2ccccc21. The van der Waals surface area contributed by atoms with E-state index in [-0.39, 0.29) is 11.5 Å². The zero-order chi connectivity index (χ0) is 23.7. The molecule has 0 aliphatic carbocycles. The number of anilines is 1. The van der Waals surface area contributed by atoms with Crippen molar-refractivity contribution in [3.05, 3.63) is 69.0 Å². The van der Waals surface area contributed by atoms with Crippen LogP contribution >= 0.6 is 11.3 Å². The molecule has 2 aromatic carbocycles. The summed E-state index contributed by atoms with van der Waals surface area (Å²) in [5.74, 6) is 0.935. The molecular formula is C26H26N4O3S. The van der Waals surface area contributed by atoms with E-state index in [2.05, 4.69) is 17.0 Å². The Morgan fingerprint density at radius 2 is 1.68 bits per heavy atom. The van der Waals surface area contributed by atoms with Crippen molar-refractivity contribution in [1.29, 1.82) is 0 Å². The minimum absolute atomic E-state index is 0.122. The van der Waals surface area contributed by atoms with Crippen molar-refractivity contribution in [2.45, 2.75) is 39.0 Å². The van der Waals surface area contributed by atoms with Crippen molar-refractivity contribution >= 4 is 33.5 Å². The van der Waals surface area contributed by atoms with Gasteiger partial charge in [-0.1, -0.05) is 74.3 Å². The summed E-state index contributed by atoms with van der Waals surface area (Å²) in [6, 6.07) is 15.1. The maximum atomic E-state index is 13.5. The molecule has 2 aromatic heterocycles. The summed E-state index contributed by atoms with van der Waals surface area (Å²) in [5, 5.41) is 4.45. The Morgan fingerprint density at radius 1 is 0.941 bits per heavy atom. The zero-order valence-electron chi connectivity index (χ0n) is 19.3. The van der Waals surface area contributed by atoms with Crippen LogP contribution in [0.5, 0.6) is 5.75 Å². The molecule has 0 spiro atoms. The normalized spacial score (nSPS) is 14.8. The van der Waals surface area contributed by atoms with Crippen molar-refractivity contribution in [3.8, 4) is 17.1 Å². The Hall–Kier alpha value is -3.52. The molecule has 7 nitrogen and oxygen atoms in total. The lowest BCUT2D eigenvalue weighted by molar-refractivity contribution is -0.113. The summed E-state index contributed by atoms with van der Waals surface area (Å²) in [7, 11) is 1.59. The molecule has 174 valence electrons. The third-order valence-corrected chi connectivity index (χ3v) is 7.17. The van der Waals surface area contributed by atoms with E-state index in [1.165, 1.54) is 35.1 Å². The van der Waals surface area contributed by atoms with E-state index in [9.17, 15) is 9.59 Å². The minimum atomic E-state index is -0.323. The van der Waals surface area contributed by atoms with Gasteiger partial charge < -0.3 is 9.64 Å². The lowest BCUT2D eigenvalue weighted by Crippen LogP contribution is -2.33. The van der Waals surface area contributed by atoms with Gasteiger partial charge >= 0.3 is 0 Å². The summed E-state index contributed by atoms with van der Waals surface area (Å²) in [4.78, 5) is 33.7. The highest BCUT2D eigenvalue weighted by Gasteiger charge is 2.34. The maximum absolute atomic E-state index is 13.5. The monoisotopic (exact) mass is 474 g/mol. The summed E-state index contributed by atoms with van der Waals surface area (Å²) in [6.07, 6.45) is 5.59. The van der Waals surface area contributed by atoms with Crippen LogP contribution in [-0.2, 0) is 4.79 Å². The van der Waals surface area contributed by atoms with Crippen LogP contribution in [0.3, 0.4) is 0 Å². The zero-order valence-corrected chi connectivity index (χ0v) is 20.1. The highest BCUT2D eigenvalue weighted by molar-refractivity contribution is 7.15. The van der Waals surface area contributed by atoms with Crippen molar-refractivity contribution < 1.29 is 9.53 Å². The van der Waals surface area contributed by atoms with Crippen LogP contribution in [0.2, 0.25) is 0 Å². The van der Waals surface area contributed by atoms with Gasteiger partial charge in [-0.05, 0) is 24.6 Å². The fourth-order valence-corrected chi connectivity index (χ4v) is 5.42. The van der Waals surface area contributed by atoms with Crippen molar-refractivity contribution in [3.63, 3.8) is 0 Å². The number of hydrogen-bond acceptors (Lipinski definition) is 6. The van der Waals surface area contributed by atoms with E-state index in [1.54, 1.807) is 7.11 Å². The van der Waals surface area contributed by atoms with Crippen LogP contribution in [0.4, 0.5) is 5.69 Å². The molecule has 0 N–H and O–H groups in total. The minimum Gasteiger partial charge on any atom is -0.496 e. The van der Waals surface area contributed by atoms with Crippen LogP contribution in [-0.4, -0.2) is 34.2 Å². The molecule has 3 heterocycles. The van der Waals surface area contributed by atoms with E-state index in [4.69, 9.17) is 4.74 Å². The van der Waals surface area contributed by atoms with Gasteiger partial charge in [-0.25, -0.2) is 0 Å². The average molecular weight is 475 g/mol. The second-order valence-corrected chi connectivity index (χ2v) is 9.31. The fourth-order valence-electron chi connectivity index (χ4n) is 4.42. The van der Waals surface area contributed by atoms with E-state index in [1.807, 2.05) is 53.4 Å². The van der Waals surface area contributed by atoms with Crippen LogP contribution in [0.1, 0.15) is 44.6 Å². The Balaban J connectivity index is 1.56. The Kier molecular flexibility index (Phi) is 6.15. The summed E-state index contributed by atoms with van der Waals surface area (Å²) in [5.41, 5.74) is 2.51. The van der Waals surface area contributed by atoms with E-state index in [0.717, 1.165) is 24.1 Å². The molecule has 34 heavy (non-hydrogen) atoms. The number of amides is 1. The fraction of sp³-hybridized carbons (Fsp3) is 0.308. The van der Waals surface area contributed by atoms with Gasteiger partial charge in [0.2, 0.25) is 4.96 Å². The van der Waals surface area contributed by atoms with Crippen LogP contribution in [0.25, 0.3) is 21.9 Å². The van der Waals surface area contributed by atoms with Crippen LogP contribution in [0, 0.1) is 0 Å². The van der Waals surface area contributed by atoms with Gasteiger partial charge in [0.15, 0.2) is 5.82 Å². The van der Waals surface area contributed by atoms with Gasteiger partial charge in [0.25, 0.3) is 11.5 Å². The Bertz CT molecular complexity index is 1470. The number of rotatable bonds is 8. The van der Waals surface area contributed by atoms with Gasteiger partial charge in [-0.15, -0.1) is 5.10 Å². The maximum Gasteiger partial charge on any atom is 0.291 e. The number of nitrogens with zero attached hydrogens (tertiary/aromatic N) is 4. The van der Waals surface area contributed by atoms with Gasteiger partial charge in [-0.2, -0.15) is 9.50 Å². The smallest absolute Gasteiger partial charge is 0.291 e. The molecule has 0 bridgehead atoms. The largest absolute Gasteiger partial charge is 0.496 e. The molecule has 0 fully saturated rings. The second kappa shape index (κ2) is 9.38. The first kappa shape index (κ1) is 22.3. The molecular weight excluding hydrogens is 448 g/mol. The summed E-state index contributed by atoms with van der Waals surface area (Å²) < 4.78 is 7.08. The summed E-state index contributed by atoms with van der Waals surface area (Å²) >= 11 is 1.21. The third-order valence-electron chi connectivity index (χ3n) is 6.14. The molecule has 5 rings (SSSR count). The highest BCUT2D eigenvalue weighted by Crippen LogP contribution is 2.35. The second-order valence-electron chi connectivity index (χ2n) is 8.33. The Labute approximate surface area is 201 Å². The number of benzene rings is 2. The lowest BCUT2D eigenvalue weighted by atomic mass is 10.1. The van der Waals surface area contributed by atoms with Crippen molar-refractivity contribution in [2.75, 3.05) is 18.6 Å². The first-order chi connectivity index (χ1) is 16.6. The van der Waals surface area contributed by atoms with Crippen molar-refractivity contribution in [2.24, 2.45) is 0 Å². The van der Waals surface area contributed by atoms with Gasteiger partial charge in [-0.3, -0.25) is 9.59 Å². The van der Waals surface area contributed by atoms with Gasteiger partial charge in [0, 0.05) is 12.1 Å². The highest BCUT2D eigenvalue weighted by atomic mass is 32.1. The Morgan fingerprint density at radius 3 is 2.44 bits per heavy atom. The first-order valence-corrected chi connectivity index (χ1v) is 12.4. The number of hydrogen-bond donors (Lipinski definition) is 0. The van der Waals surface area contributed by atoms with E-state index >= 15 is 0 Å². The number of carbonyl (C=O) groups excluding carboxylic acids is 1. The predicted molar refractivity (Wildman–Crippen MR) is 134 cm³/mol. The number of aromatic nitrogens is 3. The molecule has 4 aromatic rings. The molecule has 8 heteroatoms. The molecule has 0 atom stereocenters. The molecule has 0 unspecified atom stereocenters. The quantitative estimate of drug-likeness (QED) is 0.360. The third kappa shape index (κ3) is 3.77. The van der Waals surface area contributed by atoms with Crippen LogP contribution < -0.4 is 19.7 Å². The summed E-state index contributed by atoms with van der Waals surface area (Å²) in [6.45, 7) is 2.84. The molecule has 0 radical (unpaired) electrons. The van der Waals surface area contributed by atoms with Gasteiger partial charge in [0.05, 0.1) is 23.9 Å². The lowest BCUT2D eigenvalue weighted by Gasteiger charge is -2.16. The molecule has 1 aliphatic heterocycles. The number of carbonyl (C=O) groups is 1. The van der Waals surface area contributed by atoms with E-state index < -0.39 is 0 Å². The number of ether oxygens (including phenoxy) is 1. The number of methoxy groups -OCH3 is 1. The number of para-hydroxylation sites is 2. The molecule has 1 amide bonds. The number of unbranched alkanes of at least 4 members (excludes halogenated alkanes) is 4. The number of fused-ring (bicyclic) bond motifs is 2. The molecule has 1 aliphatic rings. The van der Waals surface area contributed by atoms with Crippen molar-refractivity contribution in [1.82, 2.24) is 14.6 Å². The molecule has 0 saturated heterocycles. The topological polar surface area (TPSA) is 76.8 Å². The molecule has 0 saturated carbocycles. The standard InChI is InChI=1S/C26H26N4O3S/c1-3-4-5-6-11-16-29-19-14-9-7-12-17(19)21(24(29)31)22-25(32)30-26(34-22)27-23(28-30)18-13-8-10-15-20(18)33-2/h7-10,12-15H,3-6,11,16H2,1-2H3/b22-21-. The average Bonchev–Trinajstić information content (AvgIpc) is 3.49.